The molecule has 41 heavy (non-hydrogen) atoms. The Morgan fingerprint density at radius 1 is 1.00 bits per heavy atom. The van der Waals surface area contributed by atoms with Crippen LogP contribution in [0.1, 0.15) is 34.7 Å². The normalized spacial score (nSPS) is 21.5. The molecule has 3 aromatic carbocycles. The number of benzene rings is 3. The van der Waals surface area contributed by atoms with E-state index < -0.39 is 23.9 Å². The topological polar surface area (TPSA) is 107 Å². The largest absolute Gasteiger partial charge is 0.497 e. The second-order valence-corrected chi connectivity index (χ2v) is 10.7. The van der Waals surface area contributed by atoms with Crippen molar-refractivity contribution in [2.24, 2.45) is 15.4 Å². The maximum absolute atomic E-state index is 13.8. The van der Waals surface area contributed by atoms with Gasteiger partial charge in [0.25, 0.3) is 17.7 Å². The molecule has 208 valence electrons. The van der Waals surface area contributed by atoms with Crippen molar-refractivity contribution >= 4 is 40.7 Å². The first kappa shape index (κ1) is 26.6. The number of rotatable bonds is 6. The minimum Gasteiger partial charge on any atom is -0.497 e. The molecule has 3 atom stereocenters. The molecule has 1 saturated heterocycles. The highest BCUT2D eigenvalue weighted by atomic mass is 35.5. The van der Waals surface area contributed by atoms with Gasteiger partial charge in [-0.3, -0.25) is 19.4 Å². The molecule has 0 aromatic heterocycles. The molecule has 3 aliphatic rings. The highest BCUT2D eigenvalue weighted by Crippen LogP contribution is 2.36. The molecule has 6 rings (SSSR count). The maximum Gasteiger partial charge on any atom is 0.264 e. The minimum absolute atomic E-state index is 0.269. The zero-order valence-corrected chi connectivity index (χ0v) is 23.4. The van der Waals surface area contributed by atoms with Gasteiger partial charge in [0.1, 0.15) is 12.3 Å². The van der Waals surface area contributed by atoms with Crippen molar-refractivity contribution in [1.82, 2.24) is 10.0 Å². The van der Waals surface area contributed by atoms with E-state index in [0.717, 1.165) is 32.9 Å². The average molecular weight is 571 g/mol. The number of anilines is 1. The molecule has 0 saturated carbocycles. The summed E-state index contributed by atoms with van der Waals surface area (Å²) in [6, 6.07) is 17.7. The molecule has 0 spiro atoms. The zero-order chi connectivity index (χ0) is 28.8. The number of fused-ring (bicyclic) bond motifs is 1. The molecule has 11 heteroatoms. The standard InChI is InChI=1S/C30H27ClN6O4/c1-17-4-13-23(18(2)14-17)24-15-25(19-5-11-22(41-3)12-6-19)37(33-24)26(38)16-35-28-27(32-34-35)29(39)36(30(28)40)21-9-7-20(31)8-10-21/h4-14,25,27-28H,15-16H2,1-3H3/t25-,27+,28+/m0/s1. The zero-order valence-electron chi connectivity index (χ0n) is 22.7. The fourth-order valence-corrected chi connectivity index (χ4v) is 5.66. The molecule has 0 bridgehead atoms. The van der Waals surface area contributed by atoms with Crippen LogP contribution in [0.4, 0.5) is 5.69 Å². The van der Waals surface area contributed by atoms with E-state index in [-0.39, 0.29) is 18.5 Å². The van der Waals surface area contributed by atoms with Crippen LogP contribution in [0.5, 0.6) is 5.75 Å². The van der Waals surface area contributed by atoms with Crippen LogP contribution in [0.15, 0.2) is 82.2 Å². The molecule has 3 aromatic rings. The van der Waals surface area contributed by atoms with Crippen LogP contribution >= 0.6 is 11.6 Å². The van der Waals surface area contributed by atoms with Gasteiger partial charge in [-0.25, -0.2) is 9.91 Å². The molecule has 1 fully saturated rings. The summed E-state index contributed by atoms with van der Waals surface area (Å²) in [5.74, 6) is -0.644. The minimum atomic E-state index is -1.02. The highest BCUT2D eigenvalue weighted by Gasteiger charge is 2.55. The number of halogens is 1. The fourth-order valence-electron chi connectivity index (χ4n) is 5.54. The van der Waals surface area contributed by atoms with Gasteiger partial charge in [-0.2, -0.15) is 10.2 Å². The van der Waals surface area contributed by atoms with Crippen LogP contribution in [-0.4, -0.2) is 59.2 Å². The summed E-state index contributed by atoms with van der Waals surface area (Å²) in [6.45, 7) is 3.79. The molecule has 0 radical (unpaired) electrons. The van der Waals surface area contributed by atoms with Crippen LogP contribution in [0, 0.1) is 13.8 Å². The third-order valence-electron chi connectivity index (χ3n) is 7.60. The SMILES string of the molecule is COc1ccc([C@@H]2CC(c3ccc(C)cc3C)=NN2C(=O)CN2N=N[C@H]3C(=O)N(c4ccc(Cl)cc4)C(=O)[C@@H]32)cc1. The van der Waals surface area contributed by atoms with Crippen LogP contribution in [0.2, 0.25) is 5.02 Å². The van der Waals surface area contributed by atoms with E-state index in [2.05, 4.69) is 16.4 Å². The van der Waals surface area contributed by atoms with Crippen molar-refractivity contribution in [1.29, 1.82) is 0 Å². The lowest BCUT2D eigenvalue weighted by Crippen LogP contribution is -2.44. The number of amides is 3. The Balaban J connectivity index is 1.27. The molecular weight excluding hydrogens is 544 g/mol. The van der Waals surface area contributed by atoms with Gasteiger partial charge in [-0.15, -0.1) is 0 Å². The first-order valence-corrected chi connectivity index (χ1v) is 13.5. The van der Waals surface area contributed by atoms with Crippen molar-refractivity contribution in [3.05, 3.63) is 94.0 Å². The predicted molar refractivity (Wildman–Crippen MR) is 153 cm³/mol. The number of hydrogen-bond acceptors (Lipinski definition) is 8. The van der Waals surface area contributed by atoms with Gasteiger partial charge in [0.2, 0.25) is 0 Å². The first-order valence-electron chi connectivity index (χ1n) is 13.2. The molecule has 0 aliphatic carbocycles. The highest BCUT2D eigenvalue weighted by molar-refractivity contribution is 6.31. The number of carbonyl (C=O) groups is 3. The molecule has 3 amide bonds. The Labute approximate surface area is 241 Å². The summed E-state index contributed by atoms with van der Waals surface area (Å²) in [4.78, 5) is 41.4. The quantitative estimate of drug-likeness (QED) is 0.401. The number of aryl methyl sites for hydroxylation is 2. The number of hydrazone groups is 1. The van der Waals surface area contributed by atoms with Gasteiger partial charge in [-0.1, -0.05) is 52.7 Å². The van der Waals surface area contributed by atoms with E-state index in [4.69, 9.17) is 21.4 Å². The van der Waals surface area contributed by atoms with Gasteiger partial charge in [0.05, 0.1) is 24.6 Å². The number of methoxy groups -OCH3 is 1. The monoisotopic (exact) mass is 570 g/mol. The lowest BCUT2D eigenvalue weighted by molar-refractivity contribution is -0.135. The Kier molecular flexibility index (Phi) is 6.78. The third kappa shape index (κ3) is 4.74. The van der Waals surface area contributed by atoms with Crippen molar-refractivity contribution in [2.45, 2.75) is 38.4 Å². The number of nitrogens with zero attached hydrogens (tertiary/aromatic N) is 6. The summed E-state index contributed by atoms with van der Waals surface area (Å²) in [5, 5.41) is 16.1. The summed E-state index contributed by atoms with van der Waals surface area (Å²) in [5.41, 5.74) is 5.26. The van der Waals surface area contributed by atoms with Crippen molar-refractivity contribution in [3.63, 3.8) is 0 Å². The summed E-state index contributed by atoms with van der Waals surface area (Å²) >= 11 is 5.98. The Morgan fingerprint density at radius 3 is 2.41 bits per heavy atom. The van der Waals surface area contributed by atoms with Crippen molar-refractivity contribution < 1.29 is 19.1 Å². The summed E-state index contributed by atoms with van der Waals surface area (Å²) < 4.78 is 5.31. The predicted octanol–water partition coefficient (Wildman–Crippen LogP) is 4.64. The summed E-state index contributed by atoms with van der Waals surface area (Å²) in [7, 11) is 1.60. The number of hydrogen-bond donors (Lipinski definition) is 0. The van der Waals surface area contributed by atoms with E-state index in [9.17, 15) is 14.4 Å². The van der Waals surface area contributed by atoms with Gasteiger partial charge < -0.3 is 4.74 Å². The van der Waals surface area contributed by atoms with Crippen LogP contribution in [0.3, 0.4) is 0 Å². The van der Waals surface area contributed by atoms with Crippen molar-refractivity contribution in [2.75, 3.05) is 18.6 Å². The van der Waals surface area contributed by atoms with Gasteiger partial charge in [0.15, 0.2) is 12.1 Å². The Morgan fingerprint density at radius 2 is 1.73 bits per heavy atom. The lowest BCUT2D eigenvalue weighted by atomic mass is 9.95. The lowest BCUT2D eigenvalue weighted by Gasteiger charge is -2.25. The smallest absolute Gasteiger partial charge is 0.264 e. The average Bonchev–Trinajstić information content (AvgIpc) is 3.65. The number of carbonyl (C=O) groups excluding carboxylic acids is 3. The van der Waals surface area contributed by atoms with Gasteiger partial charge >= 0.3 is 0 Å². The third-order valence-corrected chi connectivity index (χ3v) is 7.85. The van der Waals surface area contributed by atoms with Gasteiger partial charge in [0, 0.05) is 17.0 Å². The van der Waals surface area contributed by atoms with Crippen molar-refractivity contribution in [3.8, 4) is 5.75 Å². The van der Waals surface area contributed by atoms with E-state index >= 15 is 0 Å². The molecule has 3 aliphatic heterocycles. The first-order chi connectivity index (χ1) is 19.7. The van der Waals surface area contributed by atoms with E-state index in [1.54, 1.807) is 31.4 Å². The van der Waals surface area contributed by atoms with Crippen LogP contribution < -0.4 is 9.64 Å². The van der Waals surface area contributed by atoms with Gasteiger partial charge in [-0.05, 0) is 61.4 Å². The fraction of sp³-hybridized carbons (Fsp3) is 0.267. The molecule has 0 N–H and O–H groups in total. The van der Waals surface area contributed by atoms with E-state index in [0.29, 0.717) is 22.9 Å². The van der Waals surface area contributed by atoms with E-state index in [1.807, 2.05) is 50.2 Å². The molecule has 0 unspecified atom stereocenters. The second kappa shape index (κ2) is 10.4. The molecule has 10 nitrogen and oxygen atoms in total. The number of imide groups is 1. The number of ether oxygens (including phenoxy) is 1. The van der Waals surface area contributed by atoms with E-state index in [1.165, 1.54) is 10.0 Å². The maximum atomic E-state index is 13.8. The molecule has 3 heterocycles. The Bertz CT molecular complexity index is 1600. The van der Waals surface area contributed by atoms with Crippen LogP contribution in [0.25, 0.3) is 0 Å². The molecular formula is C30H27ClN6O4. The van der Waals surface area contributed by atoms with Crippen LogP contribution in [-0.2, 0) is 14.4 Å². The summed E-state index contributed by atoms with van der Waals surface area (Å²) in [6.07, 6.45) is 0.511. The second-order valence-electron chi connectivity index (χ2n) is 10.3. The Hall–Kier alpha value is -4.57.